The molecule has 5 heteroatoms. The van der Waals surface area contributed by atoms with Crippen LogP contribution in [0, 0.1) is 6.92 Å². The fourth-order valence-corrected chi connectivity index (χ4v) is 3.00. The molecule has 2 aliphatic heterocycles. The first-order valence-electron chi connectivity index (χ1n) is 4.80. The van der Waals surface area contributed by atoms with Gasteiger partial charge < -0.3 is 9.88 Å². The zero-order valence-corrected chi connectivity index (χ0v) is 8.84. The maximum Gasteiger partial charge on any atom is 0.160 e. The van der Waals surface area contributed by atoms with Gasteiger partial charge in [-0.2, -0.15) is 0 Å². The SMILES string of the molecule is Cc1[nH]cnc1C1CN2CCSC2=N1. The number of imidazole rings is 1. The molecule has 74 valence electrons. The summed E-state index contributed by atoms with van der Waals surface area (Å²) >= 11 is 1.86. The molecule has 4 nitrogen and oxygen atoms in total. The van der Waals surface area contributed by atoms with Gasteiger partial charge in [0.1, 0.15) is 6.04 Å². The largest absolute Gasteiger partial charge is 0.348 e. The number of aromatic amines is 1. The number of nitrogens with one attached hydrogen (secondary N) is 1. The average molecular weight is 208 g/mol. The van der Waals surface area contributed by atoms with E-state index >= 15 is 0 Å². The Labute approximate surface area is 86.8 Å². The first-order chi connectivity index (χ1) is 6.84. The van der Waals surface area contributed by atoms with Crippen molar-refractivity contribution in [3.05, 3.63) is 17.7 Å². The molecule has 1 N–H and O–H groups in total. The fourth-order valence-electron chi connectivity index (χ4n) is 1.96. The number of hydrogen-bond acceptors (Lipinski definition) is 4. The van der Waals surface area contributed by atoms with Gasteiger partial charge in [0.15, 0.2) is 5.17 Å². The van der Waals surface area contributed by atoms with Crippen molar-refractivity contribution >= 4 is 16.9 Å². The van der Waals surface area contributed by atoms with Crippen LogP contribution in [0.15, 0.2) is 11.3 Å². The molecule has 0 radical (unpaired) electrons. The van der Waals surface area contributed by atoms with Gasteiger partial charge in [-0.15, -0.1) is 0 Å². The lowest BCUT2D eigenvalue weighted by molar-refractivity contribution is 0.460. The number of aromatic nitrogens is 2. The highest BCUT2D eigenvalue weighted by molar-refractivity contribution is 8.14. The molecule has 0 aromatic carbocycles. The molecule has 0 bridgehead atoms. The second-order valence-corrected chi connectivity index (χ2v) is 4.70. The van der Waals surface area contributed by atoms with Gasteiger partial charge in [-0.1, -0.05) is 11.8 Å². The van der Waals surface area contributed by atoms with Crippen molar-refractivity contribution in [2.45, 2.75) is 13.0 Å². The predicted molar refractivity (Wildman–Crippen MR) is 57.5 cm³/mol. The predicted octanol–water partition coefficient (Wildman–Crippen LogP) is 1.18. The van der Waals surface area contributed by atoms with Crippen LogP contribution >= 0.6 is 11.8 Å². The molecule has 2 aliphatic rings. The van der Waals surface area contributed by atoms with Gasteiger partial charge in [0.2, 0.25) is 0 Å². The first kappa shape index (κ1) is 8.35. The normalized spacial score (nSPS) is 25.4. The number of aryl methyl sites for hydroxylation is 1. The third-order valence-electron chi connectivity index (χ3n) is 2.71. The van der Waals surface area contributed by atoms with Gasteiger partial charge in [0, 0.05) is 24.5 Å². The molecule has 0 spiro atoms. The summed E-state index contributed by atoms with van der Waals surface area (Å²) in [5.41, 5.74) is 2.25. The van der Waals surface area contributed by atoms with Crippen LogP contribution in [0.25, 0.3) is 0 Å². The second-order valence-electron chi connectivity index (χ2n) is 3.63. The van der Waals surface area contributed by atoms with Crippen LogP contribution < -0.4 is 0 Å². The Morgan fingerprint density at radius 1 is 1.64 bits per heavy atom. The van der Waals surface area contributed by atoms with Crippen LogP contribution in [0.3, 0.4) is 0 Å². The summed E-state index contributed by atoms with van der Waals surface area (Å²) in [6.07, 6.45) is 1.75. The molecular formula is C9H12N4S. The number of nitrogens with zero attached hydrogens (tertiary/aromatic N) is 3. The molecule has 1 aromatic rings. The molecule has 3 heterocycles. The Morgan fingerprint density at radius 2 is 2.57 bits per heavy atom. The Balaban J connectivity index is 1.90. The number of rotatable bonds is 1. The quantitative estimate of drug-likeness (QED) is 0.753. The van der Waals surface area contributed by atoms with E-state index in [0.29, 0.717) is 0 Å². The summed E-state index contributed by atoms with van der Waals surface area (Å²) in [6.45, 7) is 4.20. The molecule has 1 atom stereocenters. The van der Waals surface area contributed by atoms with Gasteiger partial charge in [-0.25, -0.2) is 4.98 Å². The standard InChI is InChI=1S/C9H12N4S/c1-6-8(11-5-10-6)7-4-13-2-3-14-9(13)12-7/h5,7H,2-4H2,1H3,(H,10,11). The van der Waals surface area contributed by atoms with Gasteiger partial charge in [0.25, 0.3) is 0 Å². The van der Waals surface area contributed by atoms with E-state index in [1.165, 1.54) is 10.9 Å². The van der Waals surface area contributed by atoms with Crippen molar-refractivity contribution in [3.63, 3.8) is 0 Å². The van der Waals surface area contributed by atoms with Crippen molar-refractivity contribution < 1.29 is 0 Å². The smallest absolute Gasteiger partial charge is 0.160 e. The molecule has 0 amide bonds. The van der Waals surface area contributed by atoms with Crippen LogP contribution in [-0.2, 0) is 0 Å². The van der Waals surface area contributed by atoms with Gasteiger partial charge in [-0.05, 0) is 6.92 Å². The number of thioether (sulfide) groups is 1. The van der Waals surface area contributed by atoms with Crippen molar-refractivity contribution in [1.29, 1.82) is 0 Å². The fraction of sp³-hybridized carbons (Fsp3) is 0.556. The lowest BCUT2D eigenvalue weighted by atomic mass is 10.2. The molecule has 0 aliphatic carbocycles. The van der Waals surface area contributed by atoms with Crippen LogP contribution in [0.4, 0.5) is 0 Å². The molecule has 1 unspecified atom stereocenters. The highest BCUT2D eigenvalue weighted by Gasteiger charge is 2.31. The van der Waals surface area contributed by atoms with Crippen molar-refractivity contribution in [1.82, 2.24) is 14.9 Å². The minimum absolute atomic E-state index is 0.254. The number of fused-ring (bicyclic) bond motifs is 1. The molecule has 3 rings (SSSR count). The van der Waals surface area contributed by atoms with Crippen LogP contribution in [0.1, 0.15) is 17.4 Å². The zero-order chi connectivity index (χ0) is 9.54. The Kier molecular flexibility index (Phi) is 1.80. The maximum absolute atomic E-state index is 4.68. The van der Waals surface area contributed by atoms with Crippen LogP contribution in [0.5, 0.6) is 0 Å². The summed E-state index contributed by atoms with van der Waals surface area (Å²) in [7, 11) is 0. The molecule has 14 heavy (non-hydrogen) atoms. The van der Waals surface area contributed by atoms with Crippen LogP contribution in [0.2, 0.25) is 0 Å². The van der Waals surface area contributed by atoms with E-state index in [1.807, 2.05) is 11.8 Å². The first-order valence-corrected chi connectivity index (χ1v) is 5.78. The van der Waals surface area contributed by atoms with E-state index in [4.69, 9.17) is 0 Å². The lowest BCUT2D eigenvalue weighted by Gasteiger charge is -2.11. The molecule has 0 saturated carbocycles. The summed E-state index contributed by atoms with van der Waals surface area (Å²) in [5.74, 6) is 1.19. The van der Waals surface area contributed by atoms with Crippen LogP contribution in [-0.4, -0.2) is 38.9 Å². The van der Waals surface area contributed by atoms with Crippen molar-refractivity contribution in [2.75, 3.05) is 18.8 Å². The highest BCUT2D eigenvalue weighted by Crippen LogP contribution is 2.32. The van der Waals surface area contributed by atoms with E-state index < -0.39 is 0 Å². The molecular weight excluding hydrogens is 196 g/mol. The summed E-state index contributed by atoms with van der Waals surface area (Å²) < 4.78 is 0. The monoisotopic (exact) mass is 208 g/mol. The minimum atomic E-state index is 0.254. The third-order valence-corrected chi connectivity index (χ3v) is 3.72. The number of H-pyrrole nitrogens is 1. The Morgan fingerprint density at radius 3 is 3.29 bits per heavy atom. The van der Waals surface area contributed by atoms with Gasteiger partial charge >= 0.3 is 0 Å². The molecule has 1 fully saturated rings. The van der Waals surface area contributed by atoms with E-state index in [1.54, 1.807) is 6.33 Å². The summed E-state index contributed by atoms with van der Waals surface area (Å²) in [4.78, 5) is 14.5. The van der Waals surface area contributed by atoms with Gasteiger partial charge in [0.05, 0.1) is 12.0 Å². The number of amidine groups is 1. The van der Waals surface area contributed by atoms with E-state index in [2.05, 4.69) is 26.8 Å². The van der Waals surface area contributed by atoms with E-state index in [9.17, 15) is 0 Å². The van der Waals surface area contributed by atoms with Gasteiger partial charge in [-0.3, -0.25) is 4.99 Å². The van der Waals surface area contributed by atoms with Crippen molar-refractivity contribution in [2.24, 2.45) is 4.99 Å². The maximum atomic E-state index is 4.68. The van der Waals surface area contributed by atoms with E-state index in [0.717, 1.165) is 24.5 Å². The second kappa shape index (κ2) is 3.02. The lowest BCUT2D eigenvalue weighted by Crippen LogP contribution is -2.22. The van der Waals surface area contributed by atoms with E-state index in [-0.39, 0.29) is 6.04 Å². The summed E-state index contributed by atoms with van der Waals surface area (Å²) in [5, 5.41) is 1.21. The highest BCUT2D eigenvalue weighted by atomic mass is 32.2. The third kappa shape index (κ3) is 1.15. The number of hydrogen-bond donors (Lipinski definition) is 1. The van der Waals surface area contributed by atoms with Crippen molar-refractivity contribution in [3.8, 4) is 0 Å². The Hall–Kier alpha value is -0.970. The summed E-state index contributed by atoms with van der Waals surface area (Å²) in [6, 6.07) is 0.254. The topological polar surface area (TPSA) is 44.3 Å². The minimum Gasteiger partial charge on any atom is -0.348 e. The zero-order valence-electron chi connectivity index (χ0n) is 8.03. The molecule has 1 aromatic heterocycles. The Bertz CT molecular complexity index is 384. The molecule has 1 saturated heterocycles. The average Bonchev–Trinajstić information content (AvgIpc) is 2.75. The number of aliphatic imine (C=N–C) groups is 1.